The van der Waals surface area contributed by atoms with Gasteiger partial charge in [-0.1, -0.05) is 0 Å². The van der Waals surface area contributed by atoms with E-state index < -0.39 is 0 Å². The quantitative estimate of drug-likeness (QED) is 0.224. The van der Waals surface area contributed by atoms with Crippen molar-refractivity contribution in [2.24, 2.45) is 0 Å². The van der Waals surface area contributed by atoms with E-state index in [9.17, 15) is 9.59 Å². The molecule has 0 heterocycles. The number of hydrogen-bond acceptors (Lipinski definition) is 3. The summed E-state index contributed by atoms with van der Waals surface area (Å²) in [5, 5.41) is 0. The van der Waals surface area contributed by atoms with Gasteiger partial charge in [-0.3, -0.25) is 9.59 Å². The van der Waals surface area contributed by atoms with Crippen molar-refractivity contribution in [3.05, 3.63) is 59.7 Å². The number of ether oxygens (including phenoxy) is 1. The molecule has 0 unspecified atom stereocenters. The van der Waals surface area contributed by atoms with Crippen molar-refractivity contribution in [3.8, 4) is 11.5 Å². The van der Waals surface area contributed by atoms with E-state index in [4.69, 9.17) is 27.9 Å². The van der Waals surface area contributed by atoms with Crippen LogP contribution in [-0.2, 0) is 0 Å². The number of Topliss-reactive ketones (excluding diaryl/α,β-unsaturated/α-hetero) is 2. The first-order valence-electron chi connectivity index (χ1n) is 9.20. The Labute approximate surface area is 170 Å². The van der Waals surface area contributed by atoms with Crippen LogP contribution in [0.4, 0.5) is 0 Å². The van der Waals surface area contributed by atoms with Crippen LogP contribution >= 0.6 is 23.2 Å². The molecule has 0 fully saturated rings. The molecule has 0 N–H and O–H groups in total. The Kier molecular flexibility index (Phi) is 9.37. The lowest BCUT2D eigenvalue weighted by molar-refractivity contribution is 0.0972. The summed E-state index contributed by atoms with van der Waals surface area (Å²) in [7, 11) is 0. The average molecular weight is 407 g/mol. The molecular weight excluding hydrogens is 383 g/mol. The molecule has 0 saturated heterocycles. The van der Waals surface area contributed by atoms with E-state index in [1.807, 2.05) is 0 Å². The molecule has 2 aromatic carbocycles. The predicted octanol–water partition coefficient (Wildman–Crippen LogP) is 6.66. The molecule has 0 bridgehead atoms. The zero-order valence-electron chi connectivity index (χ0n) is 15.3. The normalized spacial score (nSPS) is 10.6. The summed E-state index contributed by atoms with van der Waals surface area (Å²) in [4.78, 5) is 24.1. The second kappa shape index (κ2) is 11.8. The van der Waals surface area contributed by atoms with E-state index in [-0.39, 0.29) is 11.6 Å². The second-order valence-electron chi connectivity index (χ2n) is 6.29. The number of rotatable bonds is 12. The number of alkyl halides is 2. The fraction of sp³-hybridized carbons (Fsp3) is 0.364. The highest BCUT2D eigenvalue weighted by molar-refractivity contribution is 6.18. The molecule has 0 atom stereocenters. The minimum absolute atomic E-state index is 0.115. The Balaban J connectivity index is 1.89. The Bertz CT molecular complexity index is 661. The molecule has 2 rings (SSSR count). The minimum Gasteiger partial charge on any atom is -0.457 e. The first-order valence-corrected chi connectivity index (χ1v) is 10.3. The first-order chi connectivity index (χ1) is 13.1. The van der Waals surface area contributed by atoms with E-state index in [0.717, 1.165) is 25.7 Å². The molecule has 0 aliphatic rings. The lowest BCUT2D eigenvalue weighted by Crippen LogP contribution is -1.99. The maximum Gasteiger partial charge on any atom is 0.162 e. The van der Waals surface area contributed by atoms with Gasteiger partial charge in [-0.2, -0.15) is 0 Å². The van der Waals surface area contributed by atoms with Crippen LogP contribution in [0.15, 0.2) is 48.5 Å². The van der Waals surface area contributed by atoms with Gasteiger partial charge in [-0.25, -0.2) is 0 Å². The van der Waals surface area contributed by atoms with Gasteiger partial charge in [0.1, 0.15) is 11.5 Å². The molecular formula is C22H24Cl2O3. The van der Waals surface area contributed by atoms with Crippen LogP contribution in [0.5, 0.6) is 11.5 Å². The first kappa shape index (κ1) is 21.5. The Morgan fingerprint density at radius 3 is 1.33 bits per heavy atom. The summed E-state index contributed by atoms with van der Waals surface area (Å²) in [6.45, 7) is 0. The van der Waals surface area contributed by atoms with Gasteiger partial charge in [-0.15, -0.1) is 23.2 Å². The van der Waals surface area contributed by atoms with Crippen molar-refractivity contribution in [1.82, 2.24) is 0 Å². The Hall–Kier alpha value is -1.84. The summed E-state index contributed by atoms with van der Waals surface area (Å²) >= 11 is 11.3. The van der Waals surface area contributed by atoms with Gasteiger partial charge in [0.25, 0.3) is 0 Å². The summed E-state index contributed by atoms with van der Waals surface area (Å²) in [6.07, 6.45) is 4.31. The number of ketones is 2. The maximum absolute atomic E-state index is 12.1. The van der Waals surface area contributed by atoms with E-state index in [2.05, 4.69) is 0 Å². The van der Waals surface area contributed by atoms with Crippen molar-refractivity contribution >= 4 is 34.8 Å². The molecule has 0 spiro atoms. The number of carbonyl (C=O) groups excluding carboxylic acids is 2. The van der Waals surface area contributed by atoms with E-state index in [1.54, 1.807) is 48.5 Å². The third-order valence-electron chi connectivity index (χ3n) is 4.16. The Morgan fingerprint density at radius 2 is 1.00 bits per heavy atom. The van der Waals surface area contributed by atoms with Crippen LogP contribution in [0.2, 0.25) is 0 Å². The smallest absolute Gasteiger partial charge is 0.162 e. The fourth-order valence-electron chi connectivity index (χ4n) is 2.60. The molecule has 0 radical (unpaired) electrons. The van der Waals surface area contributed by atoms with Gasteiger partial charge in [-0.05, 0) is 74.2 Å². The van der Waals surface area contributed by atoms with Crippen molar-refractivity contribution in [1.29, 1.82) is 0 Å². The monoisotopic (exact) mass is 406 g/mol. The van der Waals surface area contributed by atoms with Gasteiger partial charge in [0.2, 0.25) is 0 Å². The zero-order valence-corrected chi connectivity index (χ0v) is 16.8. The molecule has 5 heteroatoms. The van der Waals surface area contributed by atoms with Crippen LogP contribution in [0.1, 0.15) is 59.2 Å². The standard InChI is InChI=1S/C22H24Cl2O3/c23-15-3-1-5-21(25)17-7-11-19(12-8-17)27-20-13-9-18(10-14-20)22(26)6-2-4-16-24/h7-14H,1-6,15-16H2. The van der Waals surface area contributed by atoms with Crippen LogP contribution in [-0.4, -0.2) is 23.3 Å². The third kappa shape index (κ3) is 7.36. The largest absolute Gasteiger partial charge is 0.457 e. The number of carbonyl (C=O) groups is 2. The van der Waals surface area contributed by atoms with Crippen molar-refractivity contribution in [2.45, 2.75) is 38.5 Å². The van der Waals surface area contributed by atoms with Crippen molar-refractivity contribution in [3.63, 3.8) is 0 Å². The lowest BCUT2D eigenvalue weighted by Gasteiger charge is -2.08. The highest BCUT2D eigenvalue weighted by Crippen LogP contribution is 2.23. The summed E-state index contributed by atoms with van der Waals surface area (Å²) in [5.74, 6) is 2.69. The molecule has 3 nitrogen and oxygen atoms in total. The zero-order chi connectivity index (χ0) is 19.5. The van der Waals surface area contributed by atoms with E-state index in [1.165, 1.54) is 0 Å². The second-order valence-corrected chi connectivity index (χ2v) is 7.05. The van der Waals surface area contributed by atoms with Crippen LogP contribution in [0, 0.1) is 0 Å². The van der Waals surface area contributed by atoms with Gasteiger partial charge in [0, 0.05) is 35.7 Å². The maximum atomic E-state index is 12.1. The highest BCUT2D eigenvalue weighted by Gasteiger charge is 2.08. The van der Waals surface area contributed by atoms with Crippen LogP contribution < -0.4 is 4.74 Å². The van der Waals surface area contributed by atoms with Crippen molar-refractivity contribution < 1.29 is 14.3 Å². The molecule has 27 heavy (non-hydrogen) atoms. The van der Waals surface area contributed by atoms with Gasteiger partial charge in [0.05, 0.1) is 0 Å². The SMILES string of the molecule is O=C(CCCCCl)c1ccc(Oc2ccc(C(=O)CCCCCl)cc2)cc1. The molecule has 144 valence electrons. The third-order valence-corrected chi connectivity index (χ3v) is 4.70. The highest BCUT2D eigenvalue weighted by atomic mass is 35.5. The Morgan fingerprint density at radius 1 is 0.630 bits per heavy atom. The van der Waals surface area contributed by atoms with Gasteiger partial charge >= 0.3 is 0 Å². The minimum atomic E-state index is 0.115. The lowest BCUT2D eigenvalue weighted by atomic mass is 10.1. The number of benzene rings is 2. The van der Waals surface area contributed by atoms with E-state index >= 15 is 0 Å². The van der Waals surface area contributed by atoms with Crippen LogP contribution in [0.3, 0.4) is 0 Å². The van der Waals surface area contributed by atoms with Gasteiger partial charge < -0.3 is 4.74 Å². The predicted molar refractivity (Wildman–Crippen MR) is 111 cm³/mol. The topological polar surface area (TPSA) is 43.4 Å². The van der Waals surface area contributed by atoms with Crippen LogP contribution in [0.25, 0.3) is 0 Å². The average Bonchev–Trinajstić information content (AvgIpc) is 2.69. The molecule has 0 saturated carbocycles. The summed E-state index contributed by atoms with van der Waals surface area (Å²) < 4.78 is 5.79. The van der Waals surface area contributed by atoms with E-state index in [0.29, 0.717) is 47.2 Å². The molecule has 0 aromatic heterocycles. The number of hydrogen-bond donors (Lipinski definition) is 0. The fourth-order valence-corrected chi connectivity index (χ4v) is 2.98. The molecule has 0 amide bonds. The number of halogens is 2. The number of unbranched alkanes of at least 4 members (excludes halogenated alkanes) is 2. The molecule has 0 aliphatic carbocycles. The molecule has 2 aromatic rings. The van der Waals surface area contributed by atoms with Gasteiger partial charge in [0.15, 0.2) is 11.6 Å². The summed E-state index contributed by atoms with van der Waals surface area (Å²) in [6, 6.07) is 14.2. The summed E-state index contributed by atoms with van der Waals surface area (Å²) in [5.41, 5.74) is 1.35. The van der Waals surface area contributed by atoms with Crippen molar-refractivity contribution in [2.75, 3.05) is 11.8 Å². The molecule has 0 aliphatic heterocycles.